The van der Waals surface area contributed by atoms with Gasteiger partial charge in [-0.2, -0.15) is 18.2 Å². The summed E-state index contributed by atoms with van der Waals surface area (Å²) < 4.78 is 51.7. The Labute approximate surface area is 208 Å². The Balaban J connectivity index is 2.12. The van der Waals surface area contributed by atoms with Crippen LogP contribution in [0.5, 0.6) is 5.75 Å². The van der Waals surface area contributed by atoms with Crippen molar-refractivity contribution >= 4 is 29.2 Å². The van der Waals surface area contributed by atoms with Gasteiger partial charge < -0.3 is 14.8 Å². The van der Waals surface area contributed by atoms with Gasteiger partial charge in [-0.25, -0.2) is 14.2 Å². The minimum atomic E-state index is -4.72. The van der Waals surface area contributed by atoms with Crippen LogP contribution in [-0.4, -0.2) is 34.3 Å². The largest absolute Gasteiger partial charge is 0.496 e. The van der Waals surface area contributed by atoms with Crippen molar-refractivity contribution in [2.75, 3.05) is 19.5 Å². The number of aromatic nitrogens is 3. The summed E-state index contributed by atoms with van der Waals surface area (Å²) in [7, 11) is 2.29. The van der Waals surface area contributed by atoms with Gasteiger partial charge in [0.15, 0.2) is 0 Å². The van der Waals surface area contributed by atoms with Crippen molar-refractivity contribution < 1.29 is 27.4 Å². The Morgan fingerprint density at radius 3 is 2.36 bits per heavy atom. The highest BCUT2D eigenvalue weighted by atomic mass is 35.5. The minimum absolute atomic E-state index is 0.0834. The van der Waals surface area contributed by atoms with Crippen molar-refractivity contribution in [3.05, 3.63) is 79.6 Å². The van der Waals surface area contributed by atoms with Crippen molar-refractivity contribution in [3.8, 4) is 5.75 Å². The molecule has 36 heavy (non-hydrogen) atoms. The molecule has 192 valence electrons. The van der Waals surface area contributed by atoms with E-state index in [4.69, 9.17) is 16.3 Å². The number of nitrogens with one attached hydrogen (secondary N) is 1. The summed E-state index contributed by atoms with van der Waals surface area (Å²) in [5.41, 5.74) is -2.35. The summed E-state index contributed by atoms with van der Waals surface area (Å²) in [4.78, 5) is 41.7. The van der Waals surface area contributed by atoms with Gasteiger partial charge in [-0.05, 0) is 35.9 Å². The fourth-order valence-electron chi connectivity index (χ4n) is 3.38. The van der Waals surface area contributed by atoms with Crippen molar-refractivity contribution in [3.63, 3.8) is 0 Å². The van der Waals surface area contributed by atoms with E-state index in [-0.39, 0.29) is 24.7 Å². The quantitative estimate of drug-likeness (QED) is 0.446. The van der Waals surface area contributed by atoms with Gasteiger partial charge in [-0.1, -0.05) is 30.7 Å². The van der Waals surface area contributed by atoms with E-state index < -0.39 is 40.8 Å². The van der Waals surface area contributed by atoms with E-state index in [0.717, 1.165) is 28.4 Å². The number of halogens is 4. The first-order valence-electron chi connectivity index (χ1n) is 10.5. The molecule has 13 heteroatoms. The van der Waals surface area contributed by atoms with Crippen LogP contribution in [-0.2, 0) is 28.8 Å². The molecule has 0 aliphatic heterocycles. The van der Waals surface area contributed by atoms with Gasteiger partial charge in [0.05, 0.1) is 32.2 Å². The average Bonchev–Trinajstić information content (AvgIpc) is 2.84. The number of hydrogen-bond acceptors (Lipinski definition) is 7. The average molecular weight is 527 g/mol. The Kier molecular flexibility index (Phi) is 8.08. The summed E-state index contributed by atoms with van der Waals surface area (Å²) in [5, 5.41) is 3.09. The van der Waals surface area contributed by atoms with E-state index >= 15 is 0 Å². The van der Waals surface area contributed by atoms with Gasteiger partial charge in [0, 0.05) is 17.3 Å². The lowest BCUT2D eigenvalue weighted by molar-refractivity contribution is -0.145. The van der Waals surface area contributed by atoms with E-state index in [1.165, 1.54) is 20.1 Å². The Hall–Kier alpha value is -3.80. The zero-order chi connectivity index (χ0) is 26.6. The molecule has 0 aliphatic rings. The maximum atomic E-state index is 13.5. The highest BCUT2D eigenvalue weighted by molar-refractivity contribution is 6.30. The van der Waals surface area contributed by atoms with Crippen LogP contribution in [0.25, 0.3) is 0 Å². The number of carbonyl (C=O) groups is 1. The predicted molar refractivity (Wildman–Crippen MR) is 126 cm³/mol. The smallest absolute Gasteiger partial charge is 0.420 e. The lowest BCUT2D eigenvalue weighted by atomic mass is 10.1. The van der Waals surface area contributed by atoms with Crippen LogP contribution in [0.2, 0.25) is 5.02 Å². The van der Waals surface area contributed by atoms with E-state index in [2.05, 4.69) is 15.0 Å². The molecule has 0 fully saturated rings. The lowest BCUT2D eigenvalue weighted by Crippen LogP contribution is -2.44. The number of hydrogen-bond donors (Lipinski definition) is 1. The van der Waals surface area contributed by atoms with Gasteiger partial charge in [0.1, 0.15) is 5.75 Å². The van der Waals surface area contributed by atoms with Crippen LogP contribution in [0, 0.1) is 5.92 Å². The van der Waals surface area contributed by atoms with Crippen LogP contribution in [0.15, 0.2) is 52.1 Å². The molecule has 1 atom stereocenters. The van der Waals surface area contributed by atoms with Gasteiger partial charge in [-0.15, -0.1) is 0 Å². The van der Waals surface area contributed by atoms with E-state index in [0.29, 0.717) is 10.6 Å². The number of methoxy groups -OCH3 is 2. The second kappa shape index (κ2) is 10.9. The second-order valence-electron chi connectivity index (χ2n) is 7.79. The molecule has 0 bridgehead atoms. The van der Waals surface area contributed by atoms with Crippen molar-refractivity contribution in [1.82, 2.24) is 14.1 Å². The van der Waals surface area contributed by atoms with E-state index in [1.54, 1.807) is 24.3 Å². The van der Waals surface area contributed by atoms with Crippen molar-refractivity contribution in [1.29, 1.82) is 0 Å². The number of alkyl halides is 3. The first kappa shape index (κ1) is 26.8. The molecule has 1 heterocycles. The van der Waals surface area contributed by atoms with Crippen LogP contribution < -0.4 is 21.4 Å². The molecule has 3 aromatic rings. The highest BCUT2D eigenvalue weighted by Crippen LogP contribution is 2.38. The third-order valence-corrected chi connectivity index (χ3v) is 5.48. The summed E-state index contributed by atoms with van der Waals surface area (Å²) >= 11 is 5.92. The Bertz CT molecular complexity index is 1370. The number of ether oxygens (including phenoxy) is 2. The van der Waals surface area contributed by atoms with Crippen LogP contribution in [0.3, 0.4) is 0 Å². The maximum Gasteiger partial charge on any atom is 0.420 e. The fraction of sp³-hybridized carbons (Fsp3) is 0.304. The third kappa shape index (κ3) is 6.06. The molecular formula is C23H22ClF3N4O5. The molecule has 0 unspecified atom stereocenters. The summed E-state index contributed by atoms with van der Waals surface area (Å²) in [6.07, 6.45) is -4.72. The molecule has 0 spiro atoms. The van der Waals surface area contributed by atoms with Gasteiger partial charge in [0.2, 0.25) is 5.95 Å². The van der Waals surface area contributed by atoms with Gasteiger partial charge in [0.25, 0.3) is 0 Å². The Morgan fingerprint density at radius 1 is 1.11 bits per heavy atom. The van der Waals surface area contributed by atoms with Gasteiger partial charge >= 0.3 is 23.5 Å². The molecule has 1 N–H and O–H groups in total. The SMILES string of the molecule is COC(=O)[C@@H](C)Cn1c(=O)nc(Nc2ccc(OC)c(C(F)(F)F)c2)n(Cc2ccc(Cl)cc2)c1=O. The minimum Gasteiger partial charge on any atom is -0.496 e. The summed E-state index contributed by atoms with van der Waals surface area (Å²) in [5.74, 6) is -2.15. The number of carbonyl (C=O) groups excluding carboxylic acids is 1. The van der Waals surface area contributed by atoms with Crippen LogP contribution >= 0.6 is 11.6 Å². The lowest BCUT2D eigenvalue weighted by Gasteiger charge is -2.18. The topological polar surface area (TPSA) is 104 Å². The summed E-state index contributed by atoms with van der Waals surface area (Å²) in [6.45, 7) is 1.07. The normalized spacial score (nSPS) is 12.2. The molecule has 0 aliphatic carbocycles. The molecule has 1 aromatic heterocycles. The highest BCUT2D eigenvalue weighted by Gasteiger charge is 2.34. The maximum absolute atomic E-state index is 13.5. The number of anilines is 2. The molecule has 0 saturated heterocycles. The molecule has 0 saturated carbocycles. The first-order valence-corrected chi connectivity index (χ1v) is 10.9. The predicted octanol–water partition coefficient (Wildman–Crippen LogP) is 3.69. The van der Waals surface area contributed by atoms with E-state index in [9.17, 15) is 27.6 Å². The van der Waals surface area contributed by atoms with E-state index in [1.807, 2.05) is 0 Å². The zero-order valence-corrected chi connectivity index (χ0v) is 20.2. The molecular weight excluding hydrogens is 505 g/mol. The van der Waals surface area contributed by atoms with Crippen LogP contribution in [0.4, 0.5) is 24.8 Å². The second-order valence-corrected chi connectivity index (χ2v) is 8.22. The van der Waals surface area contributed by atoms with Gasteiger partial charge in [-0.3, -0.25) is 9.36 Å². The number of esters is 1. The van der Waals surface area contributed by atoms with Crippen molar-refractivity contribution in [2.45, 2.75) is 26.2 Å². The number of nitrogens with zero attached hydrogens (tertiary/aromatic N) is 3. The monoisotopic (exact) mass is 526 g/mol. The van der Waals surface area contributed by atoms with Crippen LogP contribution in [0.1, 0.15) is 18.1 Å². The molecule has 9 nitrogen and oxygen atoms in total. The molecule has 3 rings (SSSR count). The molecule has 0 amide bonds. The Morgan fingerprint density at radius 2 is 1.78 bits per heavy atom. The van der Waals surface area contributed by atoms with Crippen molar-refractivity contribution in [2.24, 2.45) is 5.92 Å². The zero-order valence-electron chi connectivity index (χ0n) is 19.4. The summed E-state index contributed by atoms with van der Waals surface area (Å²) in [6, 6.07) is 9.64. The molecule has 0 radical (unpaired) electrons. The third-order valence-electron chi connectivity index (χ3n) is 5.22. The standard InChI is InChI=1S/C23H22ClF3N4O5/c1-13(19(32)36-3)11-31-21(33)29-20(30(22(31)34)12-14-4-6-15(24)7-5-14)28-16-8-9-18(35-2)17(10-16)23(25,26)27/h4-10,13H,11-12H2,1-3H3,(H,28,29,33)/t13-/m0/s1. The number of benzene rings is 2. The number of rotatable bonds is 8. The molecule has 2 aromatic carbocycles. The first-order chi connectivity index (χ1) is 16.9. The fourth-order valence-corrected chi connectivity index (χ4v) is 3.51.